The number of carbonyl (C=O) groups is 1. The van der Waals surface area contributed by atoms with Crippen LogP contribution in [0.15, 0.2) is 12.3 Å². The summed E-state index contributed by atoms with van der Waals surface area (Å²) < 4.78 is 1.77. The predicted octanol–water partition coefficient (Wildman–Crippen LogP) is 1.70. The van der Waals surface area contributed by atoms with Gasteiger partial charge in [-0.05, 0) is 32.0 Å². The van der Waals surface area contributed by atoms with Crippen LogP contribution in [-0.4, -0.2) is 29.0 Å². The van der Waals surface area contributed by atoms with Gasteiger partial charge in [0.25, 0.3) is 0 Å². The Labute approximate surface area is 84.3 Å². The van der Waals surface area contributed by atoms with Crippen LogP contribution in [0, 0.1) is 0 Å². The first-order chi connectivity index (χ1) is 6.61. The van der Waals surface area contributed by atoms with Crippen LogP contribution in [0.25, 0.3) is 0 Å². The Morgan fingerprint density at radius 3 is 2.93 bits per heavy atom. The topological polar surface area (TPSA) is 25.2 Å². The number of rotatable bonds is 0. The fourth-order valence-electron chi connectivity index (χ4n) is 2.14. The molecule has 1 aromatic rings. The van der Waals surface area contributed by atoms with Crippen molar-refractivity contribution in [2.45, 2.75) is 26.3 Å². The first kappa shape index (κ1) is 9.46. The molecule has 0 fully saturated rings. The van der Waals surface area contributed by atoms with Gasteiger partial charge in [-0.25, -0.2) is 0 Å². The standard InChI is InChI=1S/C11H16N2O/c1-8-11-10(4-6-12(8)3)5-7-13(11)9(2)14/h5,7-8H,4,6H2,1-3H3. The molecule has 1 unspecified atom stereocenters. The van der Waals surface area contributed by atoms with Gasteiger partial charge in [0, 0.05) is 31.4 Å². The van der Waals surface area contributed by atoms with Gasteiger partial charge >= 0.3 is 0 Å². The van der Waals surface area contributed by atoms with Crippen molar-refractivity contribution in [1.29, 1.82) is 0 Å². The molecule has 2 rings (SSSR count). The third-order valence-corrected chi connectivity index (χ3v) is 3.14. The van der Waals surface area contributed by atoms with Crippen LogP contribution in [0.2, 0.25) is 0 Å². The van der Waals surface area contributed by atoms with Crippen molar-refractivity contribution in [3.63, 3.8) is 0 Å². The second-order valence-electron chi connectivity index (χ2n) is 4.02. The molecule has 76 valence electrons. The lowest BCUT2D eigenvalue weighted by Crippen LogP contribution is -2.32. The number of hydrogen-bond donors (Lipinski definition) is 0. The van der Waals surface area contributed by atoms with Crippen LogP contribution in [0.1, 0.15) is 35.9 Å². The van der Waals surface area contributed by atoms with Crippen LogP contribution in [0.3, 0.4) is 0 Å². The van der Waals surface area contributed by atoms with Gasteiger partial charge in [0.1, 0.15) is 0 Å². The van der Waals surface area contributed by atoms with Crippen LogP contribution < -0.4 is 0 Å². The molecule has 0 bridgehead atoms. The molecule has 0 aromatic carbocycles. The van der Waals surface area contributed by atoms with E-state index in [-0.39, 0.29) is 5.91 Å². The zero-order valence-electron chi connectivity index (χ0n) is 8.95. The summed E-state index contributed by atoms with van der Waals surface area (Å²) in [6, 6.07) is 2.41. The van der Waals surface area contributed by atoms with Crippen molar-refractivity contribution in [2.24, 2.45) is 0 Å². The molecule has 0 amide bonds. The minimum absolute atomic E-state index is 0.105. The number of carbonyl (C=O) groups excluding carboxylic acids is 1. The highest BCUT2D eigenvalue weighted by atomic mass is 16.1. The molecule has 1 atom stereocenters. The second kappa shape index (κ2) is 3.24. The van der Waals surface area contributed by atoms with Crippen molar-refractivity contribution in [3.05, 3.63) is 23.5 Å². The largest absolute Gasteiger partial charge is 0.298 e. The summed E-state index contributed by atoms with van der Waals surface area (Å²) in [4.78, 5) is 13.7. The smallest absolute Gasteiger partial charge is 0.227 e. The van der Waals surface area contributed by atoms with Crippen molar-refractivity contribution >= 4 is 5.91 Å². The summed E-state index contributed by atoms with van der Waals surface area (Å²) in [7, 11) is 2.10. The maximum absolute atomic E-state index is 11.4. The monoisotopic (exact) mass is 192 g/mol. The lowest BCUT2D eigenvalue weighted by molar-refractivity contribution is 0.0925. The van der Waals surface area contributed by atoms with E-state index >= 15 is 0 Å². The predicted molar refractivity (Wildman–Crippen MR) is 55.5 cm³/mol. The van der Waals surface area contributed by atoms with E-state index in [1.165, 1.54) is 11.3 Å². The summed E-state index contributed by atoms with van der Waals surface area (Å²) in [6.07, 6.45) is 2.94. The van der Waals surface area contributed by atoms with Crippen LogP contribution >= 0.6 is 0 Å². The van der Waals surface area contributed by atoms with Gasteiger partial charge in [-0.2, -0.15) is 0 Å². The quantitative estimate of drug-likeness (QED) is 0.625. The average molecular weight is 192 g/mol. The number of likely N-dealkylation sites (N-methyl/N-ethyl adjacent to an activating group) is 1. The van der Waals surface area contributed by atoms with Crippen molar-refractivity contribution in [3.8, 4) is 0 Å². The molecular formula is C11H16N2O. The summed E-state index contributed by atoms with van der Waals surface area (Å²) in [5.74, 6) is 0.105. The lowest BCUT2D eigenvalue weighted by Gasteiger charge is -2.31. The van der Waals surface area contributed by atoms with Crippen LogP contribution in [-0.2, 0) is 6.42 Å². The fourth-order valence-corrected chi connectivity index (χ4v) is 2.14. The van der Waals surface area contributed by atoms with Gasteiger partial charge < -0.3 is 0 Å². The SMILES string of the molecule is CC(=O)n1ccc2c1C(C)N(C)CC2. The minimum atomic E-state index is 0.105. The lowest BCUT2D eigenvalue weighted by atomic mass is 10.0. The molecular weight excluding hydrogens is 176 g/mol. The Kier molecular flexibility index (Phi) is 2.19. The molecule has 0 saturated heterocycles. The summed E-state index contributed by atoms with van der Waals surface area (Å²) in [5, 5.41) is 0. The molecule has 1 aliphatic heterocycles. The Bertz CT molecular complexity index is 367. The van der Waals surface area contributed by atoms with E-state index in [0.29, 0.717) is 6.04 Å². The summed E-state index contributed by atoms with van der Waals surface area (Å²) in [6.45, 7) is 4.84. The number of aromatic nitrogens is 1. The van der Waals surface area contributed by atoms with Crippen molar-refractivity contribution in [1.82, 2.24) is 9.47 Å². The molecule has 3 heteroatoms. The van der Waals surface area contributed by atoms with Gasteiger partial charge in [-0.1, -0.05) is 0 Å². The molecule has 0 spiro atoms. The van der Waals surface area contributed by atoms with Crippen molar-refractivity contribution < 1.29 is 4.79 Å². The van der Waals surface area contributed by atoms with Gasteiger partial charge in [-0.3, -0.25) is 14.3 Å². The Hall–Kier alpha value is -1.09. The summed E-state index contributed by atoms with van der Waals surface area (Å²) >= 11 is 0. The molecule has 1 aliphatic rings. The second-order valence-corrected chi connectivity index (χ2v) is 4.02. The van der Waals surface area contributed by atoms with Gasteiger partial charge in [0.2, 0.25) is 5.91 Å². The van der Waals surface area contributed by atoms with E-state index in [0.717, 1.165) is 13.0 Å². The molecule has 1 aromatic heterocycles. The molecule has 3 nitrogen and oxygen atoms in total. The zero-order valence-corrected chi connectivity index (χ0v) is 8.95. The van der Waals surface area contributed by atoms with Crippen molar-refractivity contribution in [2.75, 3.05) is 13.6 Å². The average Bonchev–Trinajstić information content (AvgIpc) is 2.55. The van der Waals surface area contributed by atoms with Gasteiger partial charge in [0.15, 0.2) is 0 Å². The van der Waals surface area contributed by atoms with E-state index in [1.807, 2.05) is 6.20 Å². The molecule has 0 aliphatic carbocycles. The molecule has 0 radical (unpaired) electrons. The zero-order chi connectivity index (χ0) is 10.3. The Balaban J connectivity index is 2.49. The molecule has 0 saturated carbocycles. The van der Waals surface area contributed by atoms with E-state index in [9.17, 15) is 4.79 Å². The molecule has 0 N–H and O–H groups in total. The fraction of sp³-hybridized carbons (Fsp3) is 0.545. The van der Waals surface area contributed by atoms with E-state index < -0.39 is 0 Å². The van der Waals surface area contributed by atoms with E-state index in [2.05, 4.69) is 24.9 Å². The highest BCUT2D eigenvalue weighted by Crippen LogP contribution is 2.28. The molecule has 14 heavy (non-hydrogen) atoms. The molecule has 2 heterocycles. The minimum Gasteiger partial charge on any atom is -0.298 e. The van der Waals surface area contributed by atoms with Crippen LogP contribution in [0.5, 0.6) is 0 Å². The normalized spacial score (nSPS) is 22.1. The number of hydrogen-bond acceptors (Lipinski definition) is 2. The van der Waals surface area contributed by atoms with Crippen LogP contribution in [0.4, 0.5) is 0 Å². The third-order valence-electron chi connectivity index (χ3n) is 3.14. The highest BCUT2D eigenvalue weighted by Gasteiger charge is 2.25. The number of fused-ring (bicyclic) bond motifs is 1. The maximum Gasteiger partial charge on any atom is 0.227 e. The maximum atomic E-state index is 11.4. The Morgan fingerprint density at radius 2 is 2.29 bits per heavy atom. The first-order valence-electron chi connectivity index (χ1n) is 5.02. The van der Waals surface area contributed by atoms with E-state index in [1.54, 1.807) is 11.5 Å². The first-order valence-corrected chi connectivity index (χ1v) is 5.02. The van der Waals surface area contributed by atoms with E-state index in [4.69, 9.17) is 0 Å². The summed E-state index contributed by atoms with van der Waals surface area (Å²) in [5.41, 5.74) is 2.50. The van der Waals surface area contributed by atoms with Gasteiger partial charge in [0.05, 0.1) is 0 Å². The number of nitrogens with zero attached hydrogens (tertiary/aromatic N) is 2. The van der Waals surface area contributed by atoms with Gasteiger partial charge in [-0.15, -0.1) is 0 Å². The third kappa shape index (κ3) is 1.28. The highest BCUT2D eigenvalue weighted by molar-refractivity contribution is 5.77. The Morgan fingerprint density at radius 1 is 1.57 bits per heavy atom.